The maximum absolute atomic E-state index is 13.1. The lowest BCUT2D eigenvalue weighted by Crippen LogP contribution is -2.24. The summed E-state index contributed by atoms with van der Waals surface area (Å²) in [6.45, 7) is 9.89. The number of nitrogens with zero attached hydrogens (tertiary/aromatic N) is 3. The van der Waals surface area contributed by atoms with Gasteiger partial charge in [-0.2, -0.15) is 13.2 Å². The monoisotopic (exact) mass is 389 g/mol. The summed E-state index contributed by atoms with van der Waals surface area (Å²) in [5.74, 6) is 0.720. The zero-order chi connectivity index (χ0) is 20.3. The predicted molar refractivity (Wildman–Crippen MR) is 107 cm³/mol. The fourth-order valence-corrected chi connectivity index (χ4v) is 3.53. The van der Waals surface area contributed by atoms with Crippen molar-refractivity contribution in [1.29, 1.82) is 0 Å². The van der Waals surface area contributed by atoms with Crippen molar-refractivity contribution < 1.29 is 13.2 Å². The topological polar surface area (TPSA) is 21.1 Å². The molecule has 0 radical (unpaired) electrons. The number of benzene rings is 2. The third-order valence-corrected chi connectivity index (χ3v) is 5.10. The number of hydrogen-bond acceptors (Lipinski definition) is 2. The van der Waals surface area contributed by atoms with Gasteiger partial charge in [-0.25, -0.2) is 4.98 Å². The highest BCUT2D eigenvalue weighted by molar-refractivity contribution is 5.81. The Morgan fingerprint density at radius 1 is 1.04 bits per heavy atom. The Morgan fingerprint density at radius 2 is 1.79 bits per heavy atom. The fourth-order valence-electron chi connectivity index (χ4n) is 3.53. The van der Waals surface area contributed by atoms with Gasteiger partial charge in [0.1, 0.15) is 5.82 Å². The molecule has 3 aromatic rings. The largest absolute Gasteiger partial charge is 0.416 e. The third-order valence-electron chi connectivity index (χ3n) is 5.10. The van der Waals surface area contributed by atoms with Crippen LogP contribution in [0.15, 0.2) is 42.5 Å². The maximum Gasteiger partial charge on any atom is 0.416 e. The quantitative estimate of drug-likeness (QED) is 0.512. The number of imidazole rings is 1. The van der Waals surface area contributed by atoms with Crippen molar-refractivity contribution in [1.82, 2.24) is 14.5 Å². The van der Waals surface area contributed by atoms with Crippen molar-refractivity contribution in [2.45, 2.75) is 39.9 Å². The molecule has 0 N–H and O–H groups in total. The minimum atomic E-state index is -4.37. The molecule has 0 spiro atoms. The normalized spacial score (nSPS) is 12.2. The second kappa shape index (κ2) is 8.35. The van der Waals surface area contributed by atoms with Gasteiger partial charge in [0.2, 0.25) is 0 Å². The molecule has 0 saturated carbocycles. The molecule has 6 heteroatoms. The van der Waals surface area contributed by atoms with E-state index < -0.39 is 11.7 Å². The summed E-state index contributed by atoms with van der Waals surface area (Å²) in [5, 5.41) is 0. The Labute approximate surface area is 163 Å². The number of aromatic nitrogens is 2. The van der Waals surface area contributed by atoms with Crippen molar-refractivity contribution in [2.24, 2.45) is 0 Å². The van der Waals surface area contributed by atoms with Gasteiger partial charge < -0.3 is 9.47 Å². The van der Waals surface area contributed by atoms with Crippen molar-refractivity contribution in [2.75, 3.05) is 19.6 Å². The lowest BCUT2D eigenvalue weighted by atomic mass is 10.1. The van der Waals surface area contributed by atoms with Gasteiger partial charge in [0, 0.05) is 12.1 Å². The molecule has 0 aliphatic rings. The number of alkyl halides is 3. The molecular formula is C22H26F3N3. The third kappa shape index (κ3) is 4.38. The van der Waals surface area contributed by atoms with Crippen LogP contribution in [-0.4, -0.2) is 34.1 Å². The van der Waals surface area contributed by atoms with Gasteiger partial charge in [-0.15, -0.1) is 0 Å². The molecular weight excluding hydrogens is 363 g/mol. The summed E-state index contributed by atoms with van der Waals surface area (Å²) < 4.78 is 41.4. The van der Waals surface area contributed by atoms with Crippen LogP contribution in [0.4, 0.5) is 13.2 Å². The first-order valence-electron chi connectivity index (χ1n) is 9.70. The van der Waals surface area contributed by atoms with E-state index in [9.17, 15) is 13.2 Å². The lowest BCUT2D eigenvalue weighted by molar-refractivity contribution is -0.137. The molecule has 0 aliphatic carbocycles. The average molecular weight is 389 g/mol. The lowest BCUT2D eigenvalue weighted by Gasteiger charge is -2.18. The standard InChI is InChI=1S/C22H26F3N3/c1-4-27(5-2)12-7-13-28-20-11-10-18(22(23,24)25)15-19(20)26-21(28)17-9-6-8-16(3)14-17/h6,8-11,14-15H,4-5,7,12-13H2,1-3H3. The van der Waals surface area contributed by atoms with Crippen LogP contribution in [0.1, 0.15) is 31.4 Å². The molecule has 1 aromatic heterocycles. The minimum absolute atomic E-state index is 0.383. The first kappa shape index (κ1) is 20.4. The van der Waals surface area contributed by atoms with Crippen LogP contribution in [-0.2, 0) is 12.7 Å². The smallest absolute Gasteiger partial charge is 0.324 e. The Morgan fingerprint density at radius 3 is 2.43 bits per heavy atom. The fraction of sp³-hybridized carbons (Fsp3) is 0.409. The first-order valence-corrected chi connectivity index (χ1v) is 9.70. The van der Waals surface area contributed by atoms with Crippen molar-refractivity contribution in [3.8, 4) is 11.4 Å². The molecule has 28 heavy (non-hydrogen) atoms. The molecule has 0 fully saturated rings. The Balaban J connectivity index is 2.03. The van der Waals surface area contributed by atoms with E-state index in [4.69, 9.17) is 0 Å². The van der Waals surface area contributed by atoms with E-state index in [1.165, 1.54) is 0 Å². The van der Waals surface area contributed by atoms with Crippen molar-refractivity contribution in [3.05, 3.63) is 53.6 Å². The van der Waals surface area contributed by atoms with E-state index in [0.717, 1.165) is 60.7 Å². The molecule has 0 aliphatic heterocycles. The second-order valence-electron chi connectivity index (χ2n) is 7.04. The van der Waals surface area contributed by atoms with Crippen LogP contribution in [0.25, 0.3) is 22.4 Å². The summed E-state index contributed by atoms with van der Waals surface area (Å²) in [6.07, 6.45) is -3.46. The summed E-state index contributed by atoms with van der Waals surface area (Å²) in [6, 6.07) is 11.8. The SMILES string of the molecule is CCN(CC)CCCn1c(-c2cccc(C)c2)nc2cc(C(F)(F)F)ccc21. The molecule has 0 amide bonds. The highest BCUT2D eigenvalue weighted by Gasteiger charge is 2.31. The Bertz CT molecular complexity index is 940. The first-order chi connectivity index (χ1) is 13.3. The zero-order valence-electron chi connectivity index (χ0n) is 16.6. The highest BCUT2D eigenvalue weighted by Crippen LogP contribution is 2.33. The molecule has 3 rings (SSSR count). The van der Waals surface area contributed by atoms with Crippen molar-refractivity contribution >= 4 is 11.0 Å². The second-order valence-corrected chi connectivity index (χ2v) is 7.04. The summed E-state index contributed by atoms with van der Waals surface area (Å²) in [4.78, 5) is 6.93. The van der Waals surface area contributed by atoms with E-state index >= 15 is 0 Å². The van der Waals surface area contributed by atoms with E-state index in [1.54, 1.807) is 6.07 Å². The molecule has 1 heterocycles. The van der Waals surface area contributed by atoms with E-state index in [-0.39, 0.29) is 0 Å². The number of fused-ring (bicyclic) bond motifs is 1. The van der Waals surface area contributed by atoms with Crippen LogP contribution < -0.4 is 0 Å². The molecule has 2 aromatic carbocycles. The zero-order valence-corrected chi connectivity index (χ0v) is 16.6. The van der Waals surface area contributed by atoms with Gasteiger partial charge in [0.15, 0.2) is 0 Å². The number of hydrogen-bond donors (Lipinski definition) is 0. The molecule has 0 bridgehead atoms. The van der Waals surface area contributed by atoms with Crippen LogP contribution in [0.3, 0.4) is 0 Å². The molecule has 0 unspecified atom stereocenters. The highest BCUT2D eigenvalue weighted by atomic mass is 19.4. The summed E-state index contributed by atoms with van der Waals surface area (Å²) >= 11 is 0. The van der Waals surface area contributed by atoms with Crippen LogP contribution in [0, 0.1) is 6.92 Å². The minimum Gasteiger partial charge on any atom is -0.324 e. The van der Waals surface area contributed by atoms with Gasteiger partial charge in [-0.3, -0.25) is 0 Å². The van der Waals surface area contributed by atoms with Crippen LogP contribution in [0.2, 0.25) is 0 Å². The molecule has 150 valence electrons. The number of aryl methyl sites for hydroxylation is 2. The van der Waals surface area contributed by atoms with E-state index in [1.807, 2.05) is 35.8 Å². The van der Waals surface area contributed by atoms with E-state index in [0.29, 0.717) is 12.1 Å². The van der Waals surface area contributed by atoms with Crippen LogP contribution in [0.5, 0.6) is 0 Å². The summed E-state index contributed by atoms with van der Waals surface area (Å²) in [5.41, 5.74) is 2.48. The van der Waals surface area contributed by atoms with E-state index in [2.05, 4.69) is 23.7 Å². The number of halogens is 3. The molecule has 0 saturated heterocycles. The van der Waals surface area contributed by atoms with Gasteiger partial charge >= 0.3 is 6.18 Å². The maximum atomic E-state index is 13.1. The van der Waals surface area contributed by atoms with Gasteiger partial charge in [-0.1, -0.05) is 37.6 Å². The Hall–Kier alpha value is -2.34. The number of rotatable bonds is 7. The molecule has 3 nitrogen and oxygen atoms in total. The van der Waals surface area contributed by atoms with Gasteiger partial charge in [0.25, 0.3) is 0 Å². The predicted octanol–water partition coefficient (Wildman–Crippen LogP) is 5.76. The van der Waals surface area contributed by atoms with Gasteiger partial charge in [-0.05, 0) is 57.2 Å². The van der Waals surface area contributed by atoms with Crippen molar-refractivity contribution in [3.63, 3.8) is 0 Å². The summed E-state index contributed by atoms with van der Waals surface area (Å²) in [7, 11) is 0. The van der Waals surface area contributed by atoms with Gasteiger partial charge in [0.05, 0.1) is 16.6 Å². The Kier molecular flexibility index (Phi) is 6.08. The molecule has 0 atom stereocenters. The average Bonchev–Trinajstić information content (AvgIpc) is 3.02. The van der Waals surface area contributed by atoms with Crippen LogP contribution >= 0.6 is 0 Å².